The molecule has 0 atom stereocenters. The molecule has 0 bridgehead atoms. The van der Waals surface area contributed by atoms with E-state index in [9.17, 15) is 4.79 Å². The normalized spacial score (nSPS) is 13.8. The molecule has 2 rings (SSSR count). The predicted octanol–water partition coefficient (Wildman–Crippen LogP) is 1.58. The number of aryl methyl sites for hydroxylation is 2. The molecular weight excluding hydrogens is 261 g/mol. The van der Waals surface area contributed by atoms with Gasteiger partial charge in [0.15, 0.2) is 0 Å². The SMILES string of the molecule is Cl.Cn1nc2c(c1CNC(=O)CCl)CCCC2. The fourth-order valence-electron chi connectivity index (χ4n) is 2.20. The molecule has 1 aromatic heterocycles. The maximum absolute atomic E-state index is 11.1. The standard InChI is InChI=1S/C11H16ClN3O.ClH/c1-15-10(7-13-11(16)6-12)8-4-2-3-5-9(8)14-15;/h2-7H2,1H3,(H,13,16);1H. The molecular formula is C11H17Cl2N3O. The summed E-state index contributed by atoms with van der Waals surface area (Å²) in [5.41, 5.74) is 3.64. The Hall–Kier alpha value is -0.740. The highest BCUT2D eigenvalue weighted by atomic mass is 35.5. The number of rotatable bonds is 3. The zero-order valence-electron chi connectivity index (χ0n) is 9.83. The van der Waals surface area contributed by atoms with Crippen molar-refractivity contribution in [2.45, 2.75) is 32.2 Å². The number of carbonyl (C=O) groups excluding carboxylic acids is 1. The van der Waals surface area contributed by atoms with Gasteiger partial charge in [0.2, 0.25) is 5.91 Å². The van der Waals surface area contributed by atoms with Gasteiger partial charge in [-0.05, 0) is 31.2 Å². The van der Waals surface area contributed by atoms with Crippen molar-refractivity contribution in [1.82, 2.24) is 15.1 Å². The molecule has 17 heavy (non-hydrogen) atoms. The quantitative estimate of drug-likeness (QED) is 0.853. The van der Waals surface area contributed by atoms with Crippen molar-refractivity contribution in [2.24, 2.45) is 7.05 Å². The summed E-state index contributed by atoms with van der Waals surface area (Å²) in [4.78, 5) is 11.1. The van der Waals surface area contributed by atoms with Crippen LogP contribution >= 0.6 is 24.0 Å². The number of hydrogen-bond acceptors (Lipinski definition) is 2. The van der Waals surface area contributed by atoms with Crippen LogP contribution in [0.2, 0.25) is 0 Å². The number of carbonyl (C=O) groups is 1. The maximum Gasteiger partial charge on any atom is 0.235 e. The lowest BCUT2D eigenvalue weighted by Gasteiger charge is -2.11. The molecule has 1 heterocycles. The number of halogens is 2. The van der Waals surface area contributed by atoms with Crippen LogP contribution in [0, 0.1) is 0 Å². The Balaban J connectivity index is 0.00000144. The highest BCUT2D eigenvalue weighted by Gasteiger charge is 2.18. The summed E-state index contributed by atoms with van der Waals surface area (Å²) in [6, 6.07) is 0. The Labute approximate surface area is 112 Å². The van der Waals surface area contributed by atoms with Crippen LogP contribution in [-0.2, 0) is 31.2 Å². The molecule has 1 aliphatic rings. The van der Waals surface area contributed by atoms with Crippen LogP contribution in [0.5, 0.6) is 0 Å². The smallest absolute Gasteiger partial charge is 0.235 e. The third kappa shape index (κ3) is 3.13. The number of fused-ring (bicyclic) bond motifs is 1. The van der Waals surface area contributed by atoms with Gasteiger partial charge in [0.05, 0.1) is 17.9 Å². The Morgan fingerprint density at radius 3 is 2.88 bits per heavy atom. The Kier molecular flexibility index (Phi) is 5.28. The van der Waals surface area contributed by atoms with Gasteiger partial charge in [-0.25, -0.2) is 0 Å². The van der Waals surface area contributed by atoms with E-state index >= 15 is 0 Å². The van der Waals surface area contributed by atoms with Gasteiger partial charge in [0.1, 0.15) is 5.88 Å². The summed E-state index contributed by atoms with van der Waals surface area (Å²) < 4.78 is 1.88. The lowest BCUT2D eigenvalue weighted by atomic mass is 9.96. The fraction of sp³-hybridized carbons (Fsp3) is 0.636. The molecule has 4 nitrogen and oxygen atoms in total. The molecule has 1 amide bonds. The summed E-state index contributed by atoms with van der Waals surface area (Å²) in [7, 11) is 1.93. The molecule has 1 N–H and O–H groups in total. The van der Waals surface area contributed by atoms with E-state index in [1.165, 1.54) is 24.1 Å². The minimum Gasteiger partial charge on any atom is -0.349 e. The highest BCUT2D eigenvalue weighted by Crippen LogP contribution is 2.23. The first-order valence-electron chi connectivity index (χ1n) is 5.58. The zero-order chi connectivity index (χ0) is 11.5. The first-order valence-corrected chi connectivity index (χ1v) is 6.12. The summed E-state index contributed by atoms with van der Waals surface area (Å²) in [6.45, 7) is 0.532. The first kappa shape index (κ1) is 14.3. The summed E-state index contributed by atoms with van der Waals surface area (Å²) in [5, 5.41) is 7.28. The summed E-state index contributed by atoms with van der Waals surface area (Å²) in [6.07, 6.45) is 4.58. The van der Waals surface area contributed by atoms with Gasteiger partial charge in [-0.2, -0.15) is 5.10 Å². The largest absolute Gasteiger partial charge is 0.349 e. The molecule has 0 unspecified atom stereocenters. The molecule has 0 fully saturated rings. The van der Waals surface area contributed by atoms with E-state index in [0.29, 0.717) is 6.54 Å². The monoisotopic (exact) mass is 277 g/mol. The number of hydrogen-bond donors (Lipinski definition) is 1. The van der Waals surface area contributed by atoms with Crippen LogP contribution in [0.15, 0.2) is 0 Å². The molecule has 0 spiro atoms. The Bertz CT molecular complexity index is 404. The van der Waals surface area contributed by atoms with Crippen LogP contribution in [0.1, 0.15) is 29.8 Å². The second-order valence-electron chi connectivity index (χ2n) is 4.11. The fourth-order valence-corrected chi connectivity index (χ4v) is 2.29. The van der Waals surface area contributed by atoms with Gasteiger partial charge < -0.3 is 5.32 Å². The van der Waals surface area contributed by atoms with Gasteiger partial charge >= 0.3 is 0 Å². The van der Waals surface area contributed by atoms with E-state index in [0.717, 1.165) is 18.5 Å². The molecule has 1 aliphatic carbocycles. The van der Waals surface area contributed by atoms with Gasteiger partial charge in [-0.3, -0.25) is 9.48 Å². The second-order valence-corrected chi connectivity index (χ2v) is 4.38. The molecule has 0 saturated carbocycles. The molecule has 0 radical (unpaired) electrons. The number of aromatic nitrogens is 2. The third-order valence-corrected chi connectivity index (χ3v) is 3.27. The molecule has 1 aromatic rings. The Morgan fingerprint density at radius 2 is 2.18 bits per heavy atom. The topological polar surface area (TPSA) is 46.9 Å². The van der Waals surface area contributed by atoms with Crippen LogP contribution < -0.4 is 5.32 Å². The molecule has 0 aliphatic heterocycles. The van der Waals surface area contributed by atoms with Crippen LogP contribution in [0.4, 0.5) is 0 Å². The van der Waals surface area contributed by atoms with Crippen molar-refractivity contribution < 1.29 is 4.79 Å². The van der Waals surface area contributed by atoms with Crippen molar-refractivity contribution in [1.29, 1.82) is 0 Å². The lowest BCUT2D eigenvalue weighted by Crippen LogP contribution is -2.25. The van der Waals surface area contributed by atoms with E-state index in [4.69, 9.17) is 11.6 Å². The second kappa shape index (κ2) is 6.26. The number of alkyl halides is 1. The number of nitrogens with one attached hydrogen (secondary N) is 1. The van der Waals surface area contributed by atoms with Crippen molar-refractivity contribution >= 4 is 29.9 Å². The maximum atomic E-state index is 11.1. The van der Waals surface area contributed by atoms with Crippen LogP contribution in [0.25, 0.3) is 0 Å². The average Bonchev–Trinajstić information content (AvgIpc) is 2.62. The van der Waals surface area contributed by atoms with Crippen molar-refractivity contribution in [3.63, 3.8) is 0 Å². The van der Waals surface area contributed by atoms with E-state index in [1.54, 1.807) is 0 Å². The number of nitrogens with zero attached hydrogens (tertiary/aromatic N) is 2. The molecule has 96 valence electrons. The minimum absolute atomic E-state index is 0. The van der Waals surface area contributed by atoms with E-state index in [-0.39, 0.29) is 24.2 Å². The van der Waals surface area contributed by atoms with E-state index in [2.05, 4.69) is 10.4 Å². The van der Waals surface area contributed by atoms with Crippen molar-refractivity contribution in [3.05, 3.63) is 17.0 Å². The van der Waals surface area contributed by atoms with Gasteiger partial charge in [0, 0.05) is 7.05 Å². The molecule has 0 aromatic carbocycles. The van der Waals surface area contributed by atoms with Crippen molar-refractivity contribution in [3.8, 4) is 0 Å². The lowest BCUT2D eigenvalue weighted by molar-refractivity contribution is -0.118. The average molecular weight is 278 g/mol. The zero-order valence-corrected chi connectivity index (χ0v) is 11.4. The third-order valence-electron chi connectivity index (χ3n) is 3.02. The highest BCUT2D eigenvalue weighted by molar-refractivity contribution is 6.27. The first-order chi connectivity index (χ1) is 7.72. The Morgan fingerprint density at radius 1 is 1.47 bits per heavy atom. The van der Waals surface area contributed by atoms with Crippen LogP contribution in [0.3, 0.4) is 0 Å². The van der Waals surface area contributed by atoms with Crippen molar-refractivity contribution in [2.75, 3.05) is 5.88 Å². The summed E-state index contributed by atoms with van der Waals surface area (Å²) >= 11 is 5.44. The molecule has 0 saturated heterocycles. The number of amides is 1. The van der Waals surface area contributed by atoms with Gasteiger partial charge in [-0.1, -0.05) is 0 Å². The predicted molar refractivity (Wildman–Crippen MR) is 69.7 cm³/mol. The van der Waals surface area contributed by atoms with Crippen LogP contribution in [-0.4, -0.2) is 21.6 Å². The summed E-state index contributed by atoms with van der Waals surface area (Å²) in [5.74, 6) is -0.118. The van der Waals surface area contributed by atoms with Gasteiger partial charge in [0.25, 0.3) is 0 Å². The van der Waals surface area contributed by atoms with E-state index < -0.39 is 0 Å². The minimum atomic E-state index is -0.132. The van der Waals surface area contributed by atoms with E-state index in [1.807, 2.05) is 11.7 Å². The van der Waals surface area contributed by atoms with Gasteiger partial charge in [-0.15, -0.1) is 24.0 Å². The molecule has 6 heteroatoms.